The largest absolute Gasteiger partial charge is 0.496 e. The Balaban J connectivity index is 2.12. The SMILES string of the molecule is COc1cc(Cl)c(CC2CCCCN2)cc1Br. The van der Waals surface area contributed by atoms with Gasteiger partial charge in [-0.25, -0.2) is 0 Å². The molecule has 1 saturated heterocycles. The summed E-state index contributed by atoms with van der Waals surface area (Å²) in [4.78, 5) is 0. The normalized spacial score (nSPS) is 20.3. The zero-order valence-electron chi connectivity index (χ0n) is 9.93. The molecule has 0 aromatic heterocycles. The van der Waals surface area contributed by atoms with Gasteiger partial charge in [-0.3, -0.25) is 0 Å². The molecule has 1 aromatic rings. The fourth-order valence-corrected chi connectivity index (χ4v) is 3.03. The van der Waals surface area contributed by atoms with Crippen LogP contribution < -0.4 is 10.1 Å². The number of methoxy groups -OCH3 is 1. The second-order valence-corrected chi connectivity index (χ2v) is 5.69. The molecule has 94 valence electrons. The predicted octanol–water partition coefficient (Wildman–Crippen LogP) is 3.80. The molecular formula is C13H17BrClNO. The van der Waals surface area contributed by atoms with Crippen LogP contribution in [0.4, 0.5) is 0 Å². The van der Waals surface area contributed by atoms with Crippen molar-refractivity contribution in [3.05, 3.63) is 27.2 Å². The number of nitrogens with one attached hydrogen (secondary N) is 1. The predicted molar refractivity (Wildman–Crippen MR) is 75.0 cm³/mol. The van der Waals surface area contributed by atoms with Crippen LogP contribution in [0.5, 0.6) is 5.75 Å². The van der Waals surface area contributed by atoms with Gasteiger partial charge in [0, 0.05) is 17.1 Å². The Morgan fingerprint density at radius 2 is 2.29 bits per heavy atom. The Morgan fingerprint density at radius 1 is 1.47 bits per heavy atom. The average Bonchev–Trinajstić information content (AvgIpc) is 2.34. The summed E-state index contributed by atoms with van der Waals surface area (Å²) < 4.78 is 6.19. The van der Waals surface area contributed by atoms with Gasteiger partial charge in [0.2, 0.25) is 0 Å². The van der Waals surface area contributed by atoms with Crippen LogP contribution in [-0.2, 0) is 6.42 Å². The van der Waals surface area contributed by atoms with E-state index in [1.807, 2.05) is 6.07 Å². The minimum atomic E-state index is 0.557. The molecule has 2 nitrogen and oxygen atoms in total. The molecule has 1 aliphatic rings. The molecule has 0 saturated carbocycles. The van der Waals surface area contributed by atoms with E-state index < -0.39 is 0 Å². The average molecular weight is 319 g/mol. The first-order valence-electron chi connectivity index (χ1n) is 5.96. The van der Waals surface area contributed by atoms with E-state index in [2.05, 4.69) is 27.3 Å². The highest BCUT2D eigenvalue weighted by Gasteiger charge is 2.16. The van der Waals surface area contributed by atoms with E-state index in [1.54, 1.807) is 7.11 Å². The number of benzene rings is 1. The van der Waals surface area contributed by atoms with Gasteiger partial charge in [-0.2, -0.15) is 0 Å². The monoisotopic (exact) mass is 317 g/mol. The smallest absolute Gasteiger partial charge is 0.134 e. The molecule has 1 N–H and O–H groups in total. The molecule has 0 radical (unpaired) electrons. The van der Waals surface area contributed by atoms with Crippen LogP contribution in [0.2, 0.25) is 5.02 Å². The molecule has 0 bridgehead atoms. The topological polar surface area (TPSA) is 21.3 Å². The van der Waals surface area contributed by atoms with Crippen LogP contribution in [0, 0.1) is 0 Å². The molecule has 4 heteroatoms. The molecule has 2 rings (SSSR count). The standard InChI is InChI=1S/C13H17BrClNO/c1-17-13-8-12(15)9(7-11(13)14)6-10-4-2-3-5-16-10/h7-8,10,16H,2-6H2,1H3. The van der Waals surface area contributed by atoms with Crippen molar-refractivity contribution in [1.82, 2.24) is 5.32 Å². The quantitative estimate of drug-likeness (QED) is 0.915. The highest BCUT2D eigenvalue weighted by molar-refractivity contribution is 9.10. The van der Waals surface area contributed by atoms with Crippen molar-refractivity contribution in [3.8, 4) is 5.75 Å². The van der Waals surface area contributed by atoms with E-state index >= 15 is 0 Å². The summed E-state index contributed by atoms with van der Waals surface area (Å²) in [7, 11) is 1.65. The Bertz CT molecular complexity index is 391. The van der Waals surface area contributed by atoms with Gasteiger partial charge in [0.25, 0.3) is 0 Å². The van der Waals surface area contributed by atoms with Crippen molar-refractivity contribution < 1.29 is 4.74 Å². The summed E-state index contributed by atoms with van der Waals surface area (Å²) in [6.07, 6.45) is 4.82. The lowest BCUT2D eigenvalue weighted by atomic mass is 9.98. The third-order valence-electron chi connectivity index (χ3n) is 3.20. The molecule has 0 aliphatic carbocycles. The second kappa shape index (κ2) is 6.07. The summed E-state index contributed by atoms with van der Waals surface area (Å²) in [6, 6.07) is 4.50. The van der Waals surface area contributed by atoms with Crippen molar-refractivity contribution in [1.29, 1.82) is 0 Å². The van der Waals surface area contributed by atoms with Gasteiger partial charge in [-0.1, -0.05) is 18.0 Å². The van der Waals surface area contributed by atoms with E-state index in [4.69, 9.17) is 16.3 Å². The number of hydrogen-bond acceptors (Lipinski definition) is 2. The first kappa shape index (κ1) is 13.2. The van der Waals surface area contributed by atoms with Crippen molar-refractivity contribution in [2.24, 2.45) is 0 Å². The molecule has 1 aliphatic heterocycles. The fraction of sp³-hybridized carbons (Fsp3) is 0.538. The van der Waals surface area contributed by atoms with Crippen LogP contribution in [-0.4, -0.2) is 19.7 Å². The maximum atomic E-state index is 6.27. The third kappa shape index (κ3) is 3.36. The van der Waals surface area contributed by atoms with E-state index in [0.29, 0.717) is 6.04 Å². The Kier molecular flexibility index (Phi) is 4.71. The Morgan fingerprint density at radius 3 is 2.94 bits per heavy atom. The van der Waals surface area contributed by atoms with Crippen molar-refractivity contribution in [2.45, 2.75) is 31.7 Å². The molecule has 17 heavy (non-hydrogen) atoms. The molecular weight excluding hydrogens is 302 g/mol. The van der Waals surface area contributed by atoms with Crippen molar-refractivity contribution in [2.75, 3.05) is 13.7 Å². The van der Waals surface area contributed by atoms with Crippen molar-refractivity contribution in [3.63, 3.8) is 0 Å². The van der Waals surface area contributed by atoms with Crippen LogP contribution in [0.1, 0.15) is 24.8 Å². The van der Waals surface area contributed by atoms with Gasteiger partial charge in [-0.15, -0.1) is 0 Å². The highest BCUT2D eigenvalue weighted by Crippen LogP contribution is 2.32. The summed E-state index contributed by atoms with van der Waals surface area (Å²) >= 11 is 9.77. The molecule has 0 amide bonds. The van der Waals surface area contributed by atoms with E-state index in [1.165, 1.54) is 24.8 Å². The molecule has 1 atom stereocenters. The second-order valence-electron chi connectivity index (χ2n) is 4.43. The zero-order chi connectivity index (χ0) is 12.3. The lowest BCUT2D eigenvalue weighted by Crippen LogP contribution is -2.35. The van der Waals surface area contributed by atoms with Gasteiger partial charge in [0.05, 0.1) is 11.6 Å². The van der Waals surface area contributed by atoms with Gasteiger partial charge in [0.1, 0.15) is 5.75 Å². The molecule has 1 fully saturated rings. The van der Waals surface area contributed by atoms with Crippen LogP contribution in [0.3, 0.4) is 0 Å². The summed E-state index contributed by atoms with van der Waals surface area (Å²) in [5, 5.41) is 4.33. The number of halogens is 2. The fourth-order valence-electron chi connectivity index (χ4n) is 2.25. The summed E-state index contributed by atoms with van der Waals surface area (Å²) in [6.45, 7) is 1.12. The minimum absolute atomic E-state index is 0.557. The Hall–Kier alpha value is -0.250. The van der Waals surface area contributed by atoms with Gasteiger partial charge in [-0.05, 0) is 53.4 Å². The number of ether oxygens (including phenoxy) is 1. The van der Waals surface area contributed by atoms with E-state index in [-0.39, 0.29) is 0 Å². The first-order chi connectivity index (χ1) is 8.20. The van der Waals surface area contributed by atoms with Crippen LogP contribution >= 0.6 is 27.5 Å². The van der Waals surface area contributed by atoms with Gasteiger partial charge >= 0.3 is 0 Å². The zero-order valence-corrected chi connectivity index (χ0v) is 12.3. The molecule has 1 heterocycles. The maximum absolute atomic E-state index is 6.27. The number of hydrogen-bond donors (Lipinski definition) is 1. The van der Waals surface area contributed by atoms with Crippen molar-refractivity contribution >= 4 is 27.5 Å². The Labute approximate surface area is 116 Å². The first-order valence-corrected chi connectivity index (χ1v) is 7.13. The molecule has 1 unspecified atom stereocenters. The maximum Gasteiger partial charge on any atom is 0.134 e. The summed E-state index contributed by atoms with van der Waals surface area (Å²) in [5.74, 6) is 0.787. The van der Waals surface area contributed by atoms with E-state index in [9.17, 15) is 0 Å². The van der Waals surface area contributed by atoms with Gasteiger partial charge < -0.3 is 10.1 Å². The van der Waals surface area contributed by atoms with Crippen LogP contribution in [0.15, 0.2) is 16.6 Å². The molecule has 0 spiro atoms. The lowest BCUT2D eigenvalue weighted by molar-refractivity contribution is 0.398. The highest BCUT2D eigenvalue weighted by atomic mass is 79.9. The number of rotatable bonds is 3. The van der Waals surface area contributed by atoms with Crippen LogP contribution in [0.25, 0.3) is 0 Å². The summed E-state index contributed by atoms with van der Waals surface area (Å²) in [5.41, 5.74) is 1.18. The lowest BCUT2D eigenvalue weighted by Gasteiger charge is -2.24. The third-order valence-corrected chi connectivity index (χ3v) is 4.17. The minimum Gasteiger partial charge on any atom is -0.496 e. The molecule has 1 aromatic carbocycles. The van der Waals surface area contributed by atoms with Gasteiger partial charge in [0.15, 0.2) is 0 Å². The van der Waals surface area contributed by atoms with E-state index in [0.717, 1.165) is 28.2 Å². The number of piperidine rings is 1.